The zero-order chi connectivity index (χ0) is 10.0. The van der Waals surface area contributed by atoms with Gasteiger partial charge in [-0.1, -0.05) is 41.5 Å². The van der Waals surface area contributed by atoms with Gasteiger partial charge in [0.2, 0.25) is 0 Å². The zero-order valence-electron chi connectivity index (χ0n) is 9.74. The molecule has 0 N–H and O–H groups in total. The van der Waals surface area contributed by atoms with Gasteiger partial charge in [0, 0.05) is 13.2 Å². The minimum atomic E-state index is 0.554. The standard InChI is InChI=1S/C7H14O.2C2H6/c1-7(2)3-5-8-6-4-7;2*1-2/h3-6H2,1-2H3;2*1-2H3. The monoisotopic (exact) mass is 174 g/mol. The van der Waals surface area contributed by atoms with E-state index in [1.165, 1.54) is 12.8 Å². The number of hydrogen-bond acceptors (Lipinski definition) is 1. The molecule has 1 nitrogen and oxygen atoms in total. The summed E-state index contributed by atoms with van der Waals surface area (Å²) in [7, 11) is 0. The van der Waals surface area contributed by atoms with Gasteiger partial charge < -0.3 is 4.74 Å². The van der Waals surface area contributed by atoms with Gasteiger partial charge in [-0.2, -0.15) is 0 Å². The molecule has 1 fully saturated rings. The summed E-state index contributed by atoms with van der Waals surface area (Å²) >= 11 is 0. The Kier molecular flexibility index (Phi) is 10.9. The Morgan fingerprint density at radius 2 is 1.17 bits per heavy atom. The second kappa shape index (κ2) is 9.05. The number of ether oxygens (including phenoxy) is 1. The molecule has 0 aromatic heterocycles. The third kappa shape index (κ3) is 8.06. The van der Waals surface area contributed by atoms with Crippen molar-refractivity contribution >= 4 is 0 Å². The van der Waals surface area contributed by atoms with Crippen LogP contribution in [-0.2, 0) is 4.74 Å². The first-order valence-electron chi connectivity index (χ1n) is 5.28. The minimum absolute atomic E-state index is 0.554. The maximum atomic E-state index is 5.21. The van der Waals surface area contributed by atoms with Crippen LogP contribution in [-0.4, -0.2) is 13.2 Å². The van der Waals surface area contributed by atoms with Gasteiger partial charge in [-0.25, -0.2) is 0 Å². The van der Waals surface area contributed by atoms with Crippen LogP contribution in [0.3, 0.4) is 0 Å². The predicted molar refractivity (Wildman–Crippen MR) is 56.5 cm³/mol. The van der Waals surface area contributed by atoms with Gasteiger partial charge in [0.25, 0.3) is 0 Å². The smallest absolute Gasteiger partial charge is 0.0471 e. The molecule has 0 amide bonds. The fourth-order valence-corrected chi connectivity index (χ4v) is 0.924. The Hall–Kier alpha value is -0.0400. The molecule has 12 heavy (non-hydrogen) atoms. The molecular weight excluding hydrogens is 148 g/mol. The third-order valence-corrected chi connectivity index (χ3v) is 1.85. The highest BCUT2D eigenvalue weighted by Crippen LogP contribution is 2.27. The molecule has 0 aliphatic carbocycles. The van der Waals surface area contributed by atoms with E-state index >= 15 is 0 Å². The van der Waals surface area contributed by atoms with E-state index in [0.29, 0.717) is 5.41 Å². The maximum Gasteiger partial charge on any atom is 0.0471 e. The lowest BCUT2D eigenvalue weighted by molar-refractivity contribution is 0.0327. The van der Waals surface area contributed by atoms with Gasteiger partial charge in [-0.05, 0) is 18.3 Å². The van der Waals surface area contributed by atoms with Gasteiger partial charge in [-0.15, -0.1) is 0 Å². The molecule has 0 aromatic rings. The zero-order valence-corrected chi connectivity index (χ0v) is 9.74. The van der Waals surface area contributed by atoms with Gasteiger partial charge in [-0.3, -0.25) is 0 Å². The molecule has 1 aliphatic rings. The van der Waals surface area contributed by atoms with Crippen molar-refractivity contribution in [3.05, 3.63) is 0 Å². The van der Waals surface area contributed by atoms with Crippen LogP contribution in [0.4, 0.5) is 0 Å². The molecule has 0 bridgehead atoms. The van der Waals surface area contributed by atoms with Crippen molar-refractivity contribution in [2.75, 3.05) is 13.2 Å². The SMILES string of the molecule is CC.CC.CC1(C)CCOCC1. The van der Waals surface area contributed by atoms with E-state index in [4.69, 9.17) is 4.74 Å². The first-order valence-corrected chi connectivity index (χ1v) is 5.28. The van der Waals surface area contributed by atoms with Gasteiger partial charge in [0.15, 0.2) is 0 Å². The van der Waals surface area contributed by atoms with E-state index in [2.05, 4.69) is 13.8 Å². The Labute approximate surface area is 78.5 Å². The van der Waals surface area contributed by atoms with Crippen LogP contribution in [0.25, 0.3) is 0 Å². The fourth-order valence-electron chi connectivity index (χ4n) is 0.924. The molecule has 1 rings (SSSR count). The van der Waals surface area contributed by atoms with Crippen LogP contribution in [0, 0.1) is 5.41 Å². The summed E-state index contributed by atoms with van der Waals surface area (Å²) in [6.07, 6.45) is 2.46. The van der Waals surface area contributed by atoms with Crippen molar-refractivity contribution < 1.29 is 4.74 Å². The van der Waals surface area contributed by atoms with E-state index in [1.54, 1.807) is 0 Å². The molecule has 0 spiro atoms. The lowest BCUT2D eigenvalue weighted by atomic mass is 9.85. The molecule has 0 aromatic carbocycles. The summed E-state index contributed by atoms with van der Waals surface area (Å²) in [5.74, 6) is 0. The van der Waals surface area contributed by atoms with Crippen LogP contribution in [0.15, 0.2) is 0 Å². The summed E-state index contributed by atoms with van der Waals surface area (Å²) in [4.78, 5) is 0. The summed E-state index contributed by atoms with van der Waals surface area (Å²) < 4.78 is 5.21. The van der Waals surface area contributed by atoms with E-state index in [0.717, 1.165) is 13.2 Å². The van der Waals surface area contributed by atoms with E-state index in [-0.39, 0.29) is 0 Å². The highest BCUT2D eigenvalue weighted by Gasteiger charge is 2.20. The summed E-state index contributed by atoms with van der Waals surface area (Å²) in [5.41, 5.74) is 0.554. The lowest BCUT2D eigenvalue weighted by Gasteiger charge is -2.28. The van der Waals surface area contributed by atoms with Crippen LogP contribution in [0.1, 0.15) is 54.4 Å². The van der Waals surface area contributed by atoms with Crippen molar-refractivity contribution in [1.29, 1.82) is 0 Å². The largest absolute Gasteiger partial charge is 0.381 e. The van der Waals surface area contributed by atoms with E-state index in [1.807, 2.05) is 27.7 Å². The number of rotatable bonds is 0. The summed E-state index contributed by atoms with van der Waals surface area (Å²) in [6, 6.07) is 0. The molecule has 0 unspecified atom stereocenters. The van der Waals surface area contributed by atoms with Crippen LogP contribution >= 0.6 is 0 Å². The van der Waals surface area contributed by atoms with Crippen molar-refractivity contribution in [3.63, 3.8) is 0 Å². The first-order chi connectivity index (χ1) is 5.71. The average molecular weight is 174 g/mol. The third-order valence-electron chi connectivity index (χ3n) is 1.85. The fraction of sp³-hybridized carbons (Fsp3) is 1.00. The highest BCUT2D eigenvalue weighted by molar-refractivity contribution is 4.70. The molecule has 0 saturated carbocycles. The quantitative estimate of drug-likeness (QED) is 0.541. The van der Waals surface area contributed by atoms with Crippen molar-refractivity contribution in [1.82, 2.24) is 0 Å². The van der Waals surface area contributed by atoms with Crippen LogP contribution in [0.2, 0.25) is 0 Å². The summed E-state index contributed by atoms with van der Waals surface area (Å²) in [6.45, 7) is 14.5. The Morgan fingerprint density at radius 3 is 1.33 bits per heavy atom. The average Bonchev–Trinajstić information content (AvgIpc) is 2.11. The predicted octanol–water partition coefficient (Wildman–Crippen LogP) is 3.88. The maximum absolute atomic E-state index is 5.21. The van der Waals surface area contributed by atoms with Crippen LogP contribution in [0.5, 0.6) is 0 Å². The Morgan fingerprint density at radius 1 is 0.833 bits per heavy atom. The van der Waals surface area contributed by atoms with Crippen LogP contribution < -0.4 is 0 Å². The Balaban J connectivity index is 0. The lowest BCUT2D eigenvalue weighted by Crippen LogP contribution is -2.22. The first kappa shape index (κ1) is 14.5. The molecule has 1 heterocycles. The van der Waals surface area contributed by atoms with Gasteiger partial charge in [0.1, 0.15) is 0 Å². The summed E-state index contributed by atoms with van der Waals surface area (Å²) in [5, 5.41) is 0. The van der Waals surface area contributed by atoms with Crippen molar-refractivity contribution in [2.24, 2.45) is 5.41 Å². The molecule has 1 saturated heterocycles. The second-order valence-electron chi connectivity index (χ2n) is 3.28. The Bertz CT molecular complexity index is 69.1. The molecule has 0 atom stereocenters. The van der Waals surface area contributed by atoms with Crippen molar-refractivity contribution in [2.45, 2.75) is 54.4 Å². The molecule has 1 aliphatic heterocycles. The van der Waals surface area contributed by atoms with Crippen molar-refractivity contribution in [3.8, 4) is 0 Å². The minimum Gasteiger partial charge on any atom is -0.381 e. The normalized spacial score (nSPS) is 19.5. The van der Waals surface area contributed by atoms with E-state index < -0.39 is 0 Å². The number of hydrogen-bond donors (Lipinski definition) is 0. The molecular formula is C11H26O. The van der Waals surface area contributed by atoms with E-state index in [9.17, 15) is 0 Å². The van der Waals surface area contributed by atoms with Gasteiger partial charge in [0.05, 0.1) is 0 Å². The van der Waals surface area contributed by atoms with Gasteiger partial charge >= 0.3 is 0 Å². The molecule has 0 radical (unpaired) electrons. The molecule has 1 heteroatoms. The topological polar surface area (TPSA) is 9.23 Å². The molecule has 76 valence electrons. The highest BCUT2D eigenvalue weighted by atomic mass is 16.5. The second-order valence-corrected chi connectivity index (χ2v) is 3.28.